The number of ether oxygens (including phenoxy) is 2. The number of nitrogens with one attached hydrogen (secondary N) is 1. The number of aliphatic imine (C=N–C) groups is 1. The smallest absolute Gasteiger partial charge is 0.231 e. The maximum Gasteiger partial charge on any atom is 0.231 e. The monoisotopic (exact) mass is 472 g/mol. The molecule has 0 bridgehead atoms. The number of rotatable bonds is 6. The first-order valence-electron chi connectivity index (χ1n) is 8.52. The summed E-state index contributed by atoms with van der Waals surface area (Å²) in [5.41, 5.74) is 2.08. The number of nitrogens with zero attached hydrogens (tertiary/aromatic N) is 3. The van der Waals surface area contributed by atoms with Gasteiger partial charge in [-0.2, -0.15) is 0 Å². The van der Waals surface area contributed by atoms with E-state index in [1.807, 2.05) is 45.2 Å². The standard InChI is InChI=1S/C18H24N4O3.HI/c1-4-14-9-15(25-21-14)10-20-18(19-5-2)22(3)11-13-6-7-16-17(8-13)24-12-23-16;/h6-9H,4-5,10-12H2,1-3H3,(H,19,20);1H. The minimum Gasteiger partial charge on any atom is -0.454 e. The fourth-order valence-corrected chi connectivity index (χ4v) is 2.61. The number of hydrogen-bond acceptors (Lipinski definition) is 5. The van der Waals surface area contributed by atoms with E-state index in [9.17, 15) is 0 Å². The highest BCUT2D eigenvalue weighted by Crippen LogP contribution is 2.32. The van der Waals surface area contributed by atoms with E-state index >= 15 is 0 Å². The van der Waals surface area contributed by atoms with E-state index in [1.165, 1.54) is 0 Å². The van der Waals surface area contributed by atoms with Crippen molar-refractivity contribution in [2.24, 2.45) is 4.99 Å². The summed E-state index contributed by atoms with van der Waals surface area (Å²) in [6.45, 7) is 6.35. The van der Waals surface area contributed by atoms with Crippen LogP contribution in [0.5, 0.6) is 11.5 Å². The van der Waals surface area contributed by atoms with Crippen molar-refractivity contribution in [1.82, 2.24) is 15.4 Å². The highest BCUT2D eigenvalue weighted by molar-refractivity contribution is 14.0. The van der Waals surface area contributed by atoms with Gasteiger partial charge in [-0.05, 0) is 31.0 Å². The SMILES string of the molecule is CCNC(=NCc1cc(CC)no1)N(C)Cc1ccc2c(c1)OCO2.I. The molecule has 3 rings (SSSR count). The van der Waals surface area contributed by atoms with E-state index in [0.717, 1.165) is 47.4 Å². The molecule has 0 atom stereocenters. The van der Waals surface area contributed by atoms with Crippen molar-refractivity contribution >= 4 is 29.9 Å². The molecule has 0 saturated heterocycles. The van der Waals surface area contributed by atoms with Crippen LogP contribution in [0, 0.1) is 0 Å². The number of halogens is 1. The largest absolute Gasteiger partial charge is 0.454 e. The van der Waals surface area contributed by atoms with Crippen LogP contribution in [0.25, 0.3) is 0 Å². The molecular formula is C18H25IN4O3. The molecule has 8 heteroatoms. The first-order valence-corrected chi connectivity index (χ1v) is 8.52. The maximum absolute atomic E-state index is 5.44. The summed E-state index contributed by atoms with van der Waals surface area (Å²) >= 11 is 0. The maximum atomic E-state index is 5.44. The highest BCUT2D eigenvalue weighted by Gasteiger charge is 2.15. The number of fused-ring (bicyclic) bond motifs is 1. The zero-order chi connectivity index (χ0) is 17.6. The van der Waals surface area contributed by atoms with Crippen LogP contribution in [0.3, 0.4) is 0 Å². The average molecular weight is 472 g/mol. The fraction of sp³-hybridized carbons (Fsp3) is 0.444. The molecule has 0 aliphatic carbocycles. The van der Waals surface area contributed by atoms with Gasteiger partial charge in [0.2, 0.25) is 6.79 Å². The Morgan fingerprint density at radius 3 is 2.77 bits per heavy atom. The van der Waals surface area contributed by atoms with Gasteiger partial charge in [-0.15, -0.1) is 24.0 Å². The van der Waals surface area contributed by atoms with E-state index < -0.39 is 0 Å². The second-order valence-corrected chi connectivity index (χ2v) is 5.85. The van der Waals surface area contributed by atoms with Gasteiger partial charge in [0.05, 0.1) is 5.69 Å². The lowest BCUT2D eigenvalue weighted by Gasteiger charge is -2.22. The Morgan fingerprint density at radius 2 is 2.04 bits per heavy atom. The van der Waals surface area contributed by atoms with Crippen LogP contribution >= 0.6 is 24.0 Å². The summed E-state index contributed by atoms with van der Waals surface area (Å²) < 4.78 is 16.1. The first kappa shape index (κ1) is 20.3. The van der Waals surface area contributed by atoms with Gasteiger partial charge in [0.1, 0.15) is 6.54 Å². The molecule has 2 heterocycles. The van der Waals surface area contributed by atoms with Gasteiger partial charge in [-0.3, -0.25) is 0 Å². The van der Waals surface area contributed by atoms with Crippen LogP contribution in [0.2, 0.25) is 0 Å². The summed E-state index contributed by atoms with van der Waals surface area (Å²) in [4.78, 5) is 6.71. The van der Waals surface area contributed by atoms with Gasteiger partial charge in [-0.25, -0.2) is 4.99 Å². The molecule has 26 heavy (non-hydrogen) atoms. The number of hydrogen-bond donors (Lipinski definition) is 1. The molecule has 142 valence electrons. The van der Waals surface area contributed by atoms with E-state index in [1.54, 1.807) is 0 Å². The van der Waals surface area contributed by atoms with Crippen molar-refractivity contribution in [1.29, 1.82) is 0 Å². The van der Waals surface area contributed by atoms with Crippen molar-refractivity contribution in [2.45, 2.75) is 33.4 Å². The number of aromatic nitrogens is 1. The first-order chi connectivity index (χ1) is 12.2. The minimum atomic E-state index is 0. The highest BCUT2D eigenvalue weighted by atomic mass is 127. The molecule has 1 aromatic carbocycles. The van der Waals surface area contributed by atoms with Crippen LogP contribution in [-0.4, -0.2) is 36.4 Å². The zero-order valence-electron chi connectivity index (χ0n) is 15.3. The molecular weight excluding hydrogens is 447 g/mol. The Balaban J connectivity index is 0.00000243. The summed E-state index contributed by atoms with van der Waals surface area (Å²) in [6.07, 6.45) is 0.858. The Morgan fingerprint density at radius 1 is 1.23 bits per heavy atom. The Bertz CT molecular complexity index is 748. The van der Waals surface area contributed by atoms with Crippen molar-refractivity contribution in [3.8, 4) is 11.5 Å². The molecule has 2 aromatic rings. The van der Waals surface area contributed by atoms with Gasteiger partial charge >= 0.3 is 0 Å². The van der Waals surface area contributed by atoms with Gasteiger partial charge in [0, 0.05) is 26.2 Å². The van der Waals surface area contributed by atoms with Crippen molar-refractivity contribution < 1.29 is 14.0 Å². The number of guanidine groups is 1. The van der Waals surface area contributed by atoms with Crippen LogP contribution in [-0.2, 0) is 19.5 Å². The summed E-state index contributed by atoms with van der Waals surface area (Å²) in [5, 5.41) is 7.30. The molecule has 0 fully saturated rings. The lowest BCUT2D eigenvalue weighted by molar-refractivity contribution is 0.174. The van der Waals surface area contributed by atoms with Crippen molar-refractivity contribution in [3.63, 3.8) is 0 Å². The Labute approximate surface area is 170 Å². The van der Waals surface area contributed by atoms with Crippen LogP contribution in [0.4, 0.5) is 0 Å². The second-order valence-electron chi connectivity index (χ2n) is 5.85. The third kappa shape index (κ3) is 5.03. The predicted molar refractivity (Wildman–Crippen MR) is 110 cm³/mol. The van der Waals surface area contributed by atoms with E-state index in [-0.39, 0.29) is 30.8 Å². The quantitative estimate of drug-likeness (QED) is 0.396. The lowest BCUT2D eigenvalue weighted by Crippen LogP contribution is -2.38. The molecule has 1 aliphatic heterocycles. The molecule has 1 aliphatic rings. The normalized spacial score (nSPS) is 12.7. The predicted octanol–water partition coefficient (Wildman–Crippen LogP) is 3.18. The topological polar surface area (TPSA) is 72.1 Å². The molecule has 0 amide bonds. The number of benzene rings is 1. The fourth-order valence-electron chi connectivity index (χ4n) is 2.61. The van der Waals surface area contributed by atoms with E-state index in [0.29, 0.717) is 13.1 Å². The summed E-state index contributed by atoms with van der Waals surface area (Å²) in [7, 11) is 2.00. The molecule has 0 unspecified atom stereocenters. The van der Waals surface area contributed by atoms with E-state index in [4.69, 9.17) is 14.0 Å². The van der Waals surface area contributed by atoms with Crippen LogP contribution in [0.1, 0.15) is 30.9 Å². The van der Waals surface area contributed by atoms with Gasteiger partial charge < -0.3 is 24.2 Å². The lowest BCUT2D eigenvalue weighted by atomic mass is 10.2. The average Bonchev–Trinajstić information content (AvgIpc) is 3.26. The van der Waals surface area contributed by atoms with Crippen molar-refractivity contribution in [3.05, 3.63) is 41.3 Å². The molecule has 1 N–H and O–H groups in total. The van der Waals surface area contributed by atoms with Crippen LogP contribution < -0.4 is 14.8 Å². The molecule has 0 spiro atoms. The minimum absolute atomic E-state index is 0. The molecule has 7 nitrogen and oxygen atoms in total. The summed E-state index contributed by atoms with van der Waals surface area (Å²) in [6, 6.07) is 7.94. The van der Waals surface area contributed by atoms with Crippen LogP contribution in [0.15, 0.2) is 33.8 Å². The molecule has 1 aromatic heterocycles. The van der Waals surface area contributed by atoms with Gasteiger partial charge in [-0.1, -0.05) is 18.1 Å². The second kappa shape index (κ2) is 9.65. The third-order valence-corrected chi connectivity index (χ3v) is 3.91. The zero-order valence-corrected chi connectivity index (χ0v) is 17.6. The molecule has 0 saturated carbocycles. The van der Waals surface area contributed by atoms with Gasteiger partial charge in [0.25, 0.3) is 0 Å². The third-order valence-electron chi connectivity index (χ3n) is 3.91. The molecule has 0 radical (unpaired) electrons. The van der Waals surface area contributed by atoms with Crippen molar-refractivity contribution in [2.75, 3.05) is 20.4 Å². The van der Waals surface area contributed by atoms with Gasteiger partial charge in [0.15, 0.2) is 23.2 Å². The Kier molecular flexibility index (Phi) is 7.55. The summed E-state index contributed by atoms with van der Waals surface area (Å²) in [5.74, 6) is 3.17. The van der Waals surface area contributed by atoms with E-state index in [2.05, 4.69) is 20.4 Å². The number of aryl methyl sites for hydroxylation is 1. The Hall–Kier alpha value is -1.97.